The summed E-state index contributed by atoms with van der Waals surface area (Å²) in [6.07, 6.45) is 1.32. The Morgan fingerprint density at radius 2 is 2.38 bits per heavy atom. The van der Waals surface area contributed by atoms with Crippen LogP contribution in [0.25, 0.3) is 0 Å². The number of carbonyl (C=O) groups is 1. The average molecular weight is 178 g/mol. The molecule has 0 bridgehead atoms. The third-order valence-electron chi connectivity index (χ3n) is 1.26. The fourth-order valence-corrected chi connectivity index (χ4v) is 0.733. The van der Waals surface area contributed by atoms with Gasteiger partial charge in [-0.25, -0.2) is 15.6 Å². The van der Waals surface area contributed by atoms with E-state index in [0.717, 1.165) is 0 Å². The number of aromatic nitrogens is 1. The minimum atomic E-state index is -0.539. The molecular formula is C7H6N4O2. The Kier molecular flexibility index (Phi) is 2.86. The summed E-state index contributed by atoms with van der Waals surface area (Å²) in [5.74, 6) is 4.46. The number of isocyanates is 1. The summed E-state index contributed by atoms with van der Waals surface area (Å²) in [6, 6.07) is 4.46. The van der Waals surface area contributed by atoms with Crippen molar-refractivity contribution < 1.29 is 9.59 Å². The molecule has 0 spiro atoms. The Bertz CT molecular complexity index is 371. The maximum absolute atomic E-state index is 10.9. The predicted octanol–water partition coefficient (Wildman–Crippen LogP) is -0.348. The van der Waals surface area contributed by atoms with Gasteiger partial charge in [-0.15, -0.1) is 4.99 Å². The summed E-state index contributed by atoms with van der Waals surface area (Å²) in [4.78, 5) is 27.8. The van der Waals surface area contributed by atoms with Crippen molar-refractivity contribution in [2.75, 3.05) is 0 Å². The fraction of sp³-hybridized carbons (Fsp3) is 0. The van der Waals surface area contributed by atoms with Gasteiger partial charge in [0.15, 0.2) is 5.82 Å². The van der Waals surface area contributed by atoms with Crippen molar-refractivity contribution in [2.24, 2.45) is 10.8 Å². The van der Waals surface area contributed by atoms with E-state index >= 15 is 0 Å². The maximum Gasteiger partial charge on any atom is 0.283 e. The van der Waals surface area contributed by atoms with E-state index in [4.69, 9.17) is 5.84 Å². The zero-order chi connectivity index (χ0) is 9.68. The van der Waals surface area contributed by atoms with Crippen LogP contribution in [0.3, 0.4) is 0 Å². The van der Waals surface area contributed by atoms with Gasteiger partial charge in [0.25, 0.3) is 5.91 Å². The number of nitrogens with zero attached hydrogens (tertiary/aromatic N) is 2. The first kappa shape index (κ1) is 9.05. The molecule has 3 N–H and O–H groups in total. The van der Waals surface area contributed by atoms with E-state index in [-0.39, 0.29) is 11.5 Å². The van der Waals surface area contributed by atoms with Crippen LogP contribution in [0.4, 0.5) is 5.82 Å². The number of hydrogen-bond acceptors (Lipinski definition) is 5. The second-order valence-electron chi connectivity index (χ2n) is 2.06. The average Bonchev–Trinajstić information content (AvgIpc) is 2.18. The molecule has 1 aromatic heterocycles. The molecule has 0 saturated carbocycles. The minimum Gasteiger partial charge on any atom is -0.289 e. The van der Waals surface area contributed by atoms with Gasteiger partial charge in [0, 0.05) is 0 Å². The molecule has 0 radical (unpaired) electrons. The molecule has 0 atom stereocenters. The quantitative estimate of drug-likeness (QED) is 0.213. The predicted molar refractivity (Wildman–Crippen MR) is 43.7 cm³/mol. The summed E-state index contributed by atoms with van der Waals surface area (Å²) in [7, 11) is 0. The number of carbonyl (C=O) groups excluding carboxylic acids is 2. The highest BCUT2D eigenvalue weighted by atomic mass is 16.2. The Labute approximate surface area is 73.5 Å². The minimum absolute atomic E-state index is 0.0963. The van der Waals surface area contributed by atoms with Gasteiger partial charge in [-0.05, 0) is 12.1 Å². The SMILES string of the molecule is NNC(=O)c1cccc(N=C=O)n1. The number of hydrazine groups is 1. The lowest BCUT2D eigenvalue weighted by Gasteiger charge is -1.97. The van der Waals surface area contributed by atoms with Crippen LogP contribution in [0.1, 0.15) is 10.5 Å². The monoisotopic (exact) mass is 178 g/mol. The first-order chi connectivity index (χ1) is 6.27. The maximum atomic E-state index is 10.9. The molecule has 0 aliphatic rings. The van der Waals surface area contributed by atoms with E-state index in [0.29, 0.717) is 0 Å². The number of nitrogens with one attached hydrogen (secondary N) is 1. The number of nitrogen functional groups attached to an aromatic ring is 1. The standard InChI is InChI=1S/C7H6N4O2/c8-11-7(13)5-2-1-3-6(10-5)9-4-12/h1-3H,8H2,(H,11,13). The number of aliphatic imine (C=N–C) groups is 1. The van der Waals surface area contributed by atoms with Crippen molar-refractivity contribution in [3.8, 4) is 0 Å². The molecule has 1 amide bonds. The highest BCUT2D eigenvalue weighted by Crippen LogP contribution is 2.06. The number of amides is 1. The molecule has 1 aromatic rings. The van der Waals surface area contributed by atoms with E-state index in [1.165, 1.54) is 24.3 Å². The van der Waals surface area contributed by atoms with Gasteiger partial charge in [-0.2, -0.15) is 0 Å². The van der Waals surface area contributed by atoms with Gasteiger partial charge < -0.3 is 0 Å². The van der Waals surface area contributed by atoms with E-state index in [9.17, 15) is 9.59 Å². The number of hydrogen-bond donors (Lipinski definition) is 2. The molecule has 0 aliphatic heterocycles. The Hall–Kier alpha value is -2.04. The van der Waals surface area contributed by atoms with Crippen LogP contribution in [-0.2, 0) is 4.79 Å². The highest BCUT2D eigenvalue weighted by Gasteiger charge is 2.04. The van der Waals surface area contributed by atoms with Crippen LogP contribution in [0.2, 0.25) is 0 Å². The molecule has 13 heavy (non-hydrogen) atoms. The topological polar surface area (TPSA) is 97.4 Å². The van der Waals surface area contributed by atoms with Gasteiger partial charge in [0.2, 0.25) is 6.08 Å². The smallest absolute Gasteiger partial charge is 0.283 e. The molecule has 6 heteroatoms. The Morgan fingerprint density at radius 1 is 1.62 bits per heavy atom. The largest absolute Gasteiger partial charge is 0.289 e. The van der Waals surface area contributed by atoms with Crippen LogP contribution < -0.4 is 11.3 Å². The molecule has 1 heterocycles. The van der Waals surface area contributed by atoms with E-state index in [1.807, 2.05) is 5.43 Å². The molecular weight excluding hydrogens is 172 g/mol. The van der Waals surface area contributed by atoms with E-state index in [1.54, 1.807) is 0 Å². The van der Waals surface area contributed by atoms with Gasteiger partial charge in [0.05, 0.1) is 0 Å². The van der Waals surface area contributed by atoms with Crippen molar-refractivity contribution >= 4 is 17.8 Å². The molecule has 0 aromatic carbocycles. The van der Waals surface area contributed by atoms with Crippen molar-refractivity contribution in [1.82, 2.24) is 10.4 Å². The number of pyridine rings is 1. The van der Waals surface area contributed by atoms with Crippen molar-refractivity contribution in [3.63, 3.8) is 0 Å². The first-order valence-corrected chi connectivity index (χ1v) is 3.34. The van der Waals surface area contributed by atoms with Crippen molar-refractivity contribution in [2.45, 2.75) is 0 Å². The molecule has 0 saturated heterocycles. The number of rotatable bonds is 2. The second kappa shape index (κ2) is 4.10. The summed E-state index contributed by atoms with van der Waals surface area (Å²) >= 11 is 0. The summed E-state index contributed by atoms with van der Waals surface area (Å²) in [5.41, 5.74) is 2.01. The Morgan fingerprint density at radius 3 is 3.00 bits per heavy atom. The normalized spacial score (nSPS) is 8.69. The third kappa shape index (κ3) is 2.19. The van der Waals surface area contributed by atoms with Crippen molar-refractivity contribution in [1.29, 1.82) is 0 Å². The van der Waals surface area contributed by atoms with E-state index in [2.05, 4.69) is 9.98 Å². The lowest BCUT2D eigenvalue weighted by molar-refractivity contribution is 0.0949. The second-order valence-corrected chi connectivity index (χ2v) is 2.06. The van der Waals surface area contributed by atoms with Crippen LogP contribution >= 0.6 is 0 Å². The van der Waals surface area contributed by atoms with Gasteiger partial charge in [-0.1, -0.05) is 6.07 Å². The molecule has 0 unspecified atom stereocenters. The summed E-state index contributed by atoms with van der Waals surface area (Å²) in [6.45, 7) is 0. The van der Waals surface area contributed by atoms with Gasteiger partial charge >= 0.3 is 0 Å². The lowest BCUT2D eigenvalue weighted by Crippen LogP contribution is -2.30. The lowest BCUT2D eigenvalue weighted by atomic mass is 10.3. The molecule has 6 nitrogen and oxygen atoms in total. The molecule has 1 rings (SSSR count). The first-order valence-electron chi connectivity index (χ1n) is 3.34. The van der Waals surface area contributed by atoms with Crippen LogP contribution in [-0.4, -0.2) is 17.0 Å². The fourth-order valence-electron chi connectivity index (χ4n) is 0.733. The Balaban J connectivity index is 3.04. The summed E-state index contributed by atoms with van der Waals surface area (Å²) in [5, 5.41) is 0. The van der Waals surface area contributed by atoms with Gasteiger partial charge in [0.1, 0.15) is 5.69 Å². The van der Waals surface area contributed by atoms with Crippen LogP contribution in [0, 0.1) is 0 Å². The third-order valence-corrected chi connectivity index (χ3v) is 1.26. The van der Waals surface area contributed by atoms with Crippen molar-refractivity contribution in [3.05, 3.63) is 23.9 Å². The highest BCUT2D eigenvalue weighted by molar-refractivity contribution is 5.92. The summed E-state index contributed by atoms with van der Waals surface area (Å²) < 4.78 is 0. The van der Waals surface area contributed by atoms with Crippen LogP contribution in [0.5, 0.6) is 0 Å². The number of nitrogens with two attached hydrogens (primary N) is 1. The van der Waals surface area contributed by atoms with Crippen LogP contribution in [0.15, 0.2) is 23.2 Å². The van der Waals surface area contributed by atoms with Gasteiger partial charge in [-0.3, -0.25) is 10.2 Å². The molecule has 0 aliphatic carbocycles. The molecule has 0 fully saturated rings. The zero-order valence-electron chi connectivity index (χ0n) is 6.52. The zero-order valence-corrected chi connectivity index (χ0v) is 6.52. The molecule has 66 valence electrons. The van der Waals surface area contributed by atoms with E-state index < -0.39 is 5.91 Å².